The fourth-order valence-electron chi connectivity index (χ4n) is 4.02. The van der Waals surface area contributed by atoms with Crippen LogP contribution in [0.4, 0.5) is 18.0 Å². The molecule has 34 heavy (non-hydrogen) atoms. The molecule has 5 atom stereocenters. The zero-order valence-electron chi connectivity index (χ0n) is 19.8. The van der Waals surface area contributed by atoms with E-state index in [4.69, 9.17) is 14.8 Å². The quantitative estimate of drug-likeness (QED) is 0.190. The third-order valence-electron chi connectivity index (χ3n) is 6.12. The third-order valence-corrected chi connectivity index (χ3v) is 8.25. The van der Waals surface area contributed by atoms with Gasteiger partial charge in [-0.05, 0) is 32.6 Å². The van der Waals surface area contributed by atoms with E-state index in [1.54, 1.807) is 12.2 Å². The van der Waals surface area contributed by atoms with Crippen LogP contribution in [-0.4, -0.2) is 71.8 Å². The van der Waals surface area contributed by atoms with E-state index in [0.717, 1.165) is 13.5 Å². The molecule has 0 aliphatic carbocycles. The number of alkyl halides is 3. The second kappa shape index (κ2) is 13.0. The number of hydrogen-bond acceptors (Lipinski definition) is 7. The molecule has 1 saturated heterocycles. The molecule has 0 radical (unpaired) electrons. The van der Waals surface area contributed by atoms with Crippen LogP contribution in [0.2, 0.25) is 0 Å². The molecule has 3 amide bonds. The molecular formula is C20H36F3N3O7P+. The Hall–Kier alpha value is -1.53. The van der Waals surface area contributed by atoms with Crippen molar-refractivity contribution >= 4 is 25.5 Å². The molecule has 10 nitrogen and oxygen atoms in total. The van der Waals surface area contributed by atoms with Gasteiger partial charge < -0.3 is 20.7 Å². The number of hydrogen-bond donors (Lipinski definition) is 3. The van der Waals surface area contributed by atoms with Crippen LogP contribution in [0.5, 0.6) is 0 Å². The van der Waals surface area contributed by atoms with Gasteiger partial charge in [0.1, 0.15) is 11.8 Å². The minimum Gasteiger partial charge on any atom is -0.435 e. The lowest BCUT2D eigenvalue weighted by Crippen LogP contribution is -2.62. The van der Waals surface area contributed by atoms with E-state index in [2.05, 4.69) is 0 Å². The second-order valence-corrected chi connectivity index (χ2v) is 10.8. The average molecular weight is 518 g/mol. The van der Waals surface area contributed by atoms with Crippen LogP contribution in [0, 0.1) is 0 Å². The number of nitrogens with two attached hydrogens (primary N) is 1. The van der Waals surface area contributed by atoms with Crippen molar-refractivity contribution in [2.45, 2.75) is 89.3 Å². The van der Waals surface area contributed by atoms with Gasteiger partial charge >= 0.3 is 31.7 Å². The number of nitrogens with one attached hydrogen (secondary N) is 1. The van der Waals surface area contributed by atoms with Gasteiger partial charge in [-0.2, -0.15) is 22.4 Å². The molecule has 198 valence electrons. The molecule has 0 aromatic rings. The maximum atomic E-state index is 13.5. The molecule has 0 spiro atoms. The van der Waals surface area contributed by atoms with Crippen LogP contribution >= 0.6 is 7.60 Å². The molecule has 1 heterocycles. The molecule has 0 aromatic carbocycles. The van der Waals surface area contributed by atoms with Crippen molar-refractivity contribution in [3.63, 3.8) is 0 Å². The van der Waals surface area contributed by atoms with Gasteiger partial charge in [0.2, 0.25) is 0 Å². The first kappa shape index (κ1) is 30.5. The zero-order valence-corrected chi connectivity index (χ0v) is 20.7. The average Bonchev–Trinajstić information content (AvgIpc) is 3.17. The highest BCUT2D eigenvalue weighted by Gasteiger charge is 2.56. The summed E-state index contributed by atoms with van der Waals surface area (Å²) >= 11 is 0. The monoisotopic (exact) mass is 518 g/mol. The highest BCUT2D eigenvalue weighted by molar-refractivity contribution is 7.54. The van der Waals surface area contributed by atoms with Crippen molar-refractivity contribution in [1.82, 2.24) is 5.32 Å². The number of rotatable bonds is 13. The Bertz CT molecular complexity index is 768. The number of likely N-dealkylation sites (tertiary alicyclic amines) is 1. The third kappa shape index (κ3) is 7.48. The Morgan fingerprint density at radius 1 is 1.24 bits per heavy atom. The summed E-state index contributed by atoms with van der Waals surface area (Å²) in [6.45, 7) is 3.26. The molecule has 0 aromatic heterocycles. The van der Waals surface area contributed by atoms with Crippen LogP contribution < -0.4 is 11.1 Å². The molecule has 1 fully saturated rings. The lowest BCUT2D eigenvalue weighted by atomic mass is 10.1. The minimum atomic E-state index is -5.01. The minimum absolute atomic E-state index is 0.0377. The van der Waals surface area contributed by atoms with Crippen LogP contribution in [0.1, 0.15) is 65.2 Å². The fourth-order valence-corrected chi connectivity index (χ4v) is 5.59. The molecule has 4 N–H and O–H groups in total. The molecule has 14 heteroatoms. The van der Waals surface area contributed by atoms with Crippen LogP contribution in [0.25, 0.3) is 0 Å². The van der Waals surface area contributed by atoms with E-state index < -0.39 is 54.1 Å². The first-order valence-electron chi connectivity index (χ1n) is 11.4. The van der Waals surface area contributed by atoms with Crippen molar-refractivity contribution in [3.8, 4) is 0 Å². The summed E-state index contributed by atoms with van der Waals surface area (Å²) in [5.74, 6) is -3.92. The summed E-state index contributed by atoms with van der Waals surface area (Å²) < 4.78 is 60.1. The summed E-state index contributed by atoms with van der Waals surface area (Å²) in [5.41, 5.74) is 6.02. The van der Waals surface area contributed by atoms with E-state index in [1.165, 1.54) is 0 Å². The van der Waals surface area contributed by atoms with Crippen molar-refractivity contribution in [2.24, 2.45) is 5.73 Å². The van der Waals surface area contributed by atoms with E-state index in [-0.39, 0.29) is 32.4 Å². The Morgan fingerprint density at radius 2 is 1.88 bits per heavy atom. The maximum Gasteiger partial charge on any atom is 0.521 e. The number of unbranched alkanes of at least 4 members (excludes halogenated alkanes) is 2. The van der Waals surface area contributed by atoms with Crippen molar-refractivity contribution < 1.29 is 50.8 Å². The van der Waals surface area contributed by atoms with Gasteiger partial charge in [-0.25, -0.2) is 4.79 Å². The van der Waals surface area contributed by atoms with Crippen LogP contribution in [0.3, 0.4) is 0 Å². The van der Waals surface area contributed by atoms with Crippen LogP contribution in [0.15, 0.2) is 0 Å². The molecule has 1 rings (SSSR count). The molecule has 0 saturated carbocycles. The van der Waals surface area contributed by atoms with Crippen molar-refractivity contribution in [1.29, 1.82) is 0 Å². The smallest absolute Gasteiger partial charge is 0.435 e. The molecule has 1 aliphatic rings. The van der Waals surface area contributed by atoms with E-state index in [9.17, 15) is 37.2 Å². The summed E-state index contributed by atoms with van der Waals surface area (Å²) in [4.78, 5) is 36.6. The second-order valence-electron chi connectivity index (χ2n) is 8.48. The summed E-state index contributed by atoms with van der Waals surface area (Å²) in [5, 5.41) is 11.6. The maximum absolute atomic E-state index is 13.5. The van der Waals surface area contributed by atoms with E-state index in [1.807, 2.05) is 6.92 Å². The Balaban J connectivity index is 3.05. The van der Waals surface area contributed by atoms with Crippen molar-refractivity contribution in [3.05, 3.63) is 0 Å². The number of quaternary nitrogens is 1. The summed E-state index contributed by atoms with van der Waals surface area (Å²) in [6, 6.07) is -0.544. The highest BCUT2D eigenvalue weighted by Crippen LogP contribution is 2.53. The predicted molar refractivity (Wildman–Crippen MR) is 117 cm³/mol. The van der Waals surface area contributed by atoms with Gasteiger partial charge in [0.25, 0.3) is 0 Å². The number of halogens is 3. The number of carbonyl (C=O) groups excluding carboxylic acids is 2. The largest absolute Gasteiger partial charge is 0.521 e. The number of amides is 3. The van der Waals surface area contributed by atoms with E-state index >= 15 is 0 Å². The van der Waals surface area contributed by atoms with Gasteiger partial charge in [-0.15, -0.1) is 0 Å². The molecule has 1 aliphatic heterocycles. The molecule has 3 unspecified atom stereocenters. The number of carbonyl (C=O) groups is 3. The van der Waals surface area contributed by atoms with Gasteiger partial charge in [0.15, 0.2) is 6.10 Å². The van der Waals surface area contributed by atoms with Gasteiger partial charge in [0, 0.05) is 26.5 Å². The normalized spacial score (nSPS) is 24.3. The topological polar surface area (TPSA) is 145 Å². The zero-order chi connectivity index (χ0) is 26.2. The Morgan fingerprint density at radius 3 is 2.35 bits per heavy atom. The fraction of sp³-hybridized carbons (Fsp3) is 0.850. The van der Waals surface area contributed by atoms with Gasteiger partial charge in [-0.1, -0.05) is 19.8 Å². The molecule has 0 bridgehead atoms. The number of carboxylic acid groups (broad SMARTS) is 1. The first-order valence-corrected chi connectivity index (χ1v) is 13.0. The van der Waals surface area contributed by atoms with Crippen LogP contribution in [-0.2, 0) is 23.2 Å². The van der Waals surface area contributed by atoms with Gasteiger partial charge in [0.05, 0.1) is 6.54 Å². The van der Waals surface area contributed by atoms with Crippen molar-refractivity contribution in [2.75, 3.05) is 20.2 Å². The molecular weight excluding hydrogens is 482 g/mol. The lowest BCUT2D eigenvalue weighted by molar-refractivity contribution is -0.794. The Kier molecular flexibility index (Phi) is 11.6. The number of imide groups is 1. The summed E-state index contributed by atoms with van der Waals surface area (Å²) in [6.07, 6.45) is -5.15. The predicted octanol–water partition coefficient (Wildman–Crippen LogP) is 3.74. The Labute approximate surface area is 197 Å². The highest BCUT2D eigenvalue weighted by atomic mass is 31.2. The standard InChI is InChI=1S/C20H35F3N3O7P/c1-4-5-11-16(24)34(31,32-3)33-15(10-6-7-12-25-18(28)20(21,22)23)17(27)26(19(29)30)13-8-9-14(26)2/h14-16H,4-13,24H2,1-3H3,(H-,25,28,29,30)/p+1/t14-,15?,16+,26?,34?/m1/s1. The summed E-state index contributed by atoms with van der Waals surface area (Å²) in [7, 11) is -2.88. The lowest BCUT2D eigenvalue weighted by Gasteiger charge is -2.34. The van der Waals surface area contributed by atoms with Gasteiger partial charge in [-0.3, -0.25) is 13.9 Å². The SMILES string of the molecule is CCCC[C@@H](N)P(=O)(OC)OC(CCCCNC(=O)C(F)(F)F)C(=O)[N+]1(C(=O)O)CCC[C@H]1C. The first-order chi connectivity index (χ1) is 15.8. The van der Waals surface area contributed by atoms with E-state index in [0.29, 0.717) is 25.7 Å². The number of nitrogens with zero attached hydrogens (tertiary/aromatic N) is 1.